The highest BCUT2D eigenvalue weighted by molar-refractivity contribution is 6.28. The number of Topliss-reactive ketones (excluding diaryl/α,β-unsaturated/α-hetero) is 1. The number of hydrogen-bond donors (Lipinski definition) is 1. The number of ether oxygens (including phenoxy) is 3. The third-order valence-corrected chi connectivity index (χ3v) is 4.34. The highest BCUT2D eigenvalue weighted by atomic mass is 16.6. The summed E-state index contributed by atoms with van der Waals surface area (Å²) in [4.78, 5) is 36.8. The van der Waals surface area contributed by atoms with Crippen molar-refractivity contribution in [3.63, 3.8) is 0 Å². The predicted molar refractivity (Wildman–Crippen MR) is 106 cm³/mol. The highest BCUT2D eigenvalue weighted by Gasteiger charge is 2.32. The lowest BCUT2D eigenvalue weighted by Gasteiger charge is -2.19. The van der Waals surface area contributed by atoms with E-state index in [0.29, 0.717) is 23.6 Å². The summed E-state index contributed by atoms with van der Waals surface area (Å²) >= 11 is 0. The van der Waals surface area contributed by atoms with Crippen LogP contribution in [0, 0.1) is 0 Å². The number of rotatable bonds is 7. The van der Waals surface area contributed by atoms with Gasteiger partial charge in [0.1, 0.15) is 5.57 Å². The van der Waals surface area contributed by atoms with Crippen LogP contribution in [-0.4, -0.2) is 31.4 Å². The van der Waals surface area contributed by atoms with Crippen LogP contribution in [0.2, 0.25) is 0 Å². The summed E-state index contributed by atoms with van der Waals surface area (Å²) in [6.07, 6.45) is 3.06. The van der Waals surface area contributed by atoms with Crippen LogP contribution in [0.25, 0.3) is 0 Å². The number of unbranched alkanes of at least 4 members (excludes halogenated alkanes) is 1. The van der Waals surface area contributed by atoms with Crippen molar-refractivity contribution < 1.29 is 28.6 Å². The van der Waals surface area contributed by atoms with E-state index in [1.807, 2.05) is 6.92 Å². The normalized spacial score (nSPS) is 14.2. The summed E-state index contributed by atoms with van der Waals surface area (Å²) in [5.41, 5.74) is 1.14. The average Bonchev–Trinajstić information content (AvgIpc) is 2.73. The van der Waals surface area contributed by atoms with Gasteiger partial charge in [-0.25, -0.2) is 9.59 Å². The zero-order chi connectivity index (χ0) is 20.8. The Kier molecular flexibility index (Phi) is 6.29. The SMILES string of the molecule is CCCCOC(=O)c1ccc(NC=C2C(=O)Oc3c(OC)cccc3C2=O)cc1. The molecule has 1 heterocycles. The minimum absolute atomic E-state index is 0.119. The number of anilines is 1. The first-order valence-electron chi connectivity index (χ1n) is 9.23. The molecule has 2 aromatic rings. The molecule has 0 amide bonds. The number of carbonyl (C=O) groups excluding carboxylic acids is 3. The smallest absolute Gasteiger partial charge is 0.349 e. The molecule has 0 aliphatic carbocycles. The highest BCUT2D eigenvalue weighted by Crippen LogP contribution is 2.36. The van der Waals surface area contributed by atoms with Gasteiger partial charge < -0.3 is 19.5 Å². The number of benzene rings is 2. The van der Waals surface area contributed by atoms with Crippen molar-refractivity contribution in [1.82, 2.24) is 0 Å². The maximum atomic E-state index is 12.7. The minimum Gasteiger partial charge on any atom is -0.493 e. The molecule has 0 spiro atoms. The van der Waals surface area contributed by atoms with Crippen LogP contribution in [-0.2, 0) is 9.53 Å². The molecule has 0 fully saturated rings. The van der Waals surface area contributed by atoms with Gasteiger partial charge in [-0.1, -0.05) is 19.4 Å². The van der Waals surface area contributed by atoms with Crippen LogP contribution < -0.4 is 14.8 Å². The third-order valence-electron chi connectivity index (χ3n) is 4.34. The van der Waals surface area contributed by atoms with Crippen LogP contribution >= 0.6 is 0 Å². The van der Waals surface area contributed by atoms with E-state index >= 15 is 0 Å². The largest absolute Gasteiger partial charge is 0.493 e. The number of carbonyl (C=O) groups is 3. The Balaban J connectivity index is 1.72. The van der Waals surface area contributed by atoms with Crippen LogP contribution in [0.1, 0.15) is 40.5 Å². The van der Waals surface area contributed by atoms with Gasteiger partial charge in [0, 0.05) is 11.9 Å². The second kappa shape index (κ2) is 9.05. The molecule has 0 atom stereocenters. The Bertz CT molecular complexity index is 962. The van der Waals surface area contributed by atoms with Gasteiger partial charge in [-0.3, -0.25) is 4.79 Å². The summed E-state index contributed by atoms with van der Waals surface area (Å²) < 4.78 is 15.6. The van der Waals surface area contributed by atoms with E-state index in [0.717, 1.165) is 12.8 Å². The lowest BCUT2D eigenvalue weighted by Crippen LogP contribution is -2.26. The van der Waals surface area contributed by atoms with E-state index in [1.165, 1.54) is 13.3 Å². The second-order valence-corrected chi connectivity index (χ2v) is 6.32. The Morgan fingerprint density at radius 1 is 1.14 bits per heavy atom. The molecular weight excluding hydrogens is 374 g/mol. The fourth-order valence-electron chi connectivity index (χ4n) is 2.72. The average molecular weight is 395 g/mol. The predicted octanol–water partition coefficient (Wildman–Crippen LogP) is 3.75. The van der Waals surface area contributed by atoms with Crippen LogP contribution in [0.15, 0.2) is 54.2 Å². The number of esters is 2. The number of nitrogens with one attached hydrogen (secondary N) is 1. The van der Waals surface area contributed by atoms with Crippen LogP contribution in [0.3, 0.4) is 0 Å². The first kappa shape index (κ1) is 20.1. The number of hydrogen-bond acceptors (Lipinski definition) is 7. The van der Waals surface area contributed by atoms with Crippen molar-refractivity contribution in [2.75, 3.05) is 19.0 Å². The first-order chi connectivity index (χ1) is 14.0. The maximum absolute atomic E-state index is 12.7. The standard InChI is InChI=1S/C22H21NO6/c1-3-4-12-28-21(25)14-8-10-15(11-9-14)23-13-17-19(24)16-6-5-7-18(27-2)20(16)29-22(17)26/h5-11,13,23H,3-4,12H2,1-2H3. The molecule has 3 rings (SSSR count). The van der Waals surface area contributed by atoms with E-state index < -0.39 is 11.8 Å². The Morgan fingerprint density at radius 3 is 2.59 bits per heavy atom. The molecular formula is C22H21NO6. The molecule has 0 unspecified atom stereocenters. The van der Waals surface area contributed by atoms with Gasteiger partial charge in [0.05, 0.1) is 24.8 Å². The van der Waals surface area contributed by atoms with Crippen molar-refractivity contribution >= 4 is 23.4 Å². The summed E-state index contributed by atoms with van der Waals surface area (Å²) in [5, 5.41) is 2.89. The van der Waals surface area contributed by atoms with E-state index in [-0.39, 0.29) is 22.9 Å². The van der Waals surface area contributed by atoms with Crippen molar-refractivity contribution in [2.45, 2.75) is 19.8 Å². The first-order valence-corrected chi connectivity index (χ1v) is 9.23. The van der Waals surface area contributed by atoms with Gasteiger partial charge >= 0.3 is 11.9 Å². The summed E-state index contributed by atoms with van der Waals surface area (Å²) in [6, 6.07) is 11.4. The maximum Gasteiger partial charge on any atom is 0.349 e. The topological polar surface area (TPSA) is 90.9 Å². The second-order valence-electron chi connectivity index (χ2n) is 6.32. The summed E-state index contributed by atoms with van der Waals surface area (Å²) in [7, 11) is 1.43. The Hall–Kier alpha value is -3.61. The van der Waals surface area contributed by atoms with E-state index in [1.54, 1.807) is 42.5 Å². The minimum atomic E-state index is -0.768. The zero-order valence-electron chi connectivity index (χ0n) is 16.2. The Labute approximate surface area is 168 Å². The number of methoxy groups -OCH3 is 1. The van der Waals surface area contributed by atoms with Gasteiger partial charge in [-0.2, -0.15) is 0 Å². The molecule has 150 valence electrons. The molecule has 0 radical (unpaired) electrons. The van der Waals surface area contributed by atoms with Gasteiger partial charge in [-0.05, 0) is 42.8 Å². The van der Waals surface area contributed by atoms with Crippen molar-refractivity contribution in [3.8, 4) is 11.5 Å². The number of para-hydroxylation sites is 1. The zero-order valence-corrected chi connectivity index (χ0v) is 16.2. The van der Waals surface area contributed by atoms with Gasteiger partial charge in [0.2, 0.25) is 5.78 Å². The van der Waals surface area contributed by atoms with Crippen LogP contribution in [0.4, 0.5) is 5.69 Å². The van der Waals surface area contributed by atoms with Crippen molar-refractivity contribution in [2.24, 2.45) is 0 Å². The fraction of sp³-hybridized carbons (Fsp3) is 0.227. The molecule has 0 saturated heterocycles. The quantitative estimate of drug-likeness (QED) is 0.251. The molecule has 29 heavy (non-hydrogen) atoms. The van der Waals surface area contributed by atoms with E-state index in [2.05, 4.69) is 5.32 Å². The fourth-order valence-corrected chi connectivity index (χ4v) is 2.72. The third kappa shape index (κ3) is 4.45. The van der Waals surface area contributed by atoms with Gasteiger partial charge in [-0.15, -0.1) is 0 Å². The van der Waals surface area contributed by atoms with E-state index in [9.17, 15) is 14.4 Å². The molecule has 1 N–H and O–H groups in total. The summed E-state index contributed by atoms with van der Waals surface area (Å²) in [6.45, 7) is 2.41. The molecule has 0 aromatic heterocycles. The van der Waals surface area contributed by atoms with Crippen LogP contribution in [0.5, 0.6) is 11.5 Å². The molecule has 0 saturated carbocycles. The molecule has 2 aromatic carbocycles. The van der Waals surface area contributed by atoms with Gasteiger partial charge in [0.25, 0.3) is 0 Å². The lowest BCUT2D eigenvalue weighted by molar-refractivity contribution is -0.130. The monoisotopic (exact) mass is 395 g/mol. The lowest BCUT2D eigenvalue weighted by atomic mass is 10.00. The van der Waals surface area contributed by atoms with Crippen molar-refractivity contribution in [1.29, 1.82) is 0 Å². The molecule has 7 heteroatoms. The summed E-state index contributed by atoms with van der Waals surface area (Å²) in [5.74, 6) is -1.18. The van der Waals surface area contributed by atoms with Gasteiger partial charge in [0.15, 0.2) is 11.5 Å². The van der Waals surface area contributed by atoms with Crippen molar-refractivity contribution in [3.05, 3.63) is 65.4 Å². The van der Waals surface area contributed by atoms with E-state index in [4.69, 9.17) is 14.2 Å². The Morgan fingerprint density at radius 2 is 1.90 bits per heavy atom. The molecule has 1 aliphatic rings. The molecule has 7 nitrogen and oxygen atoms in total. The molecule has 0 bridgehead atoms. The number of fused-ring (bicyclic) bond motifs is 1. The number of ketones is 1. The molecule has 1 aliphatic heterocycles.